The summed E-state index contributed by atoms with van der Waals surface area (Å²) >= 11 is 0. The fourth-order valence-electron chi connectivity index (χ4n) is 1.94. The first-order valence-electron chi connectivity index (χ1n) is 5.79. The summed E-state index contributed by atoms with van der Waals surface area (Å²) in [6, 6.07) is 12.6. The Labute approximate surface area is 156 Å². The average molecular weight is 300 g/mol. The van der Waals surface area contributed by atoms with Crippen LogP contribution in [-0.2, 0) is 0 Å². The standard InChI is InChI=1S/C13H9BF3N2.K/c15-14(16,17)11-5-7-12(8-6-11)19-9-10-3-1-2-4-13(10)18-19;/h1-9H;/q-1;+1. The molecule has 0 saturated heterocycles. The molecule has 0 radical (unpaired) electrons. The maximum Gasteiger partial charge on any atom is 1.00 e. The van der Waals surface area contributed by atoms with Crippen LogP contribution < -0.4 is 56.8 Å². The molecule has 3 rings (SSSR count). The van der Waals surface area contributed by atoms with Crippen LogP contribution in [0.15, 0.2) is 54.7 Å². The number of aromatic nitrogens is 2. The van der Waals surface area contributed by atoms with Crippen molar-refractivity contribution in [1.82, 2.24) is 9.78 Å². The van der Waals surface area contributed by atoms with Gasteiger partial charge in [0.25, 0.3) is 0 Å². The zero-order chi connectivity index (χ0) is 13.5. The molecule has 0 amide bonds. The molecule has 0 aliphatic carbocycles. The molecule has 0 saturated carbocycles. The molecule has 3 aromatic rings. The summed E-state index contributed by atoms with van der Waals surface area (Å²) in [5.74, 6) is 0. The smallest absolute Gasteiger partial charge is 0.445 e. The number of nitrogens with zero attached hydrogens (tertiary/aromatic N) is 2. The molecule has 0 atom stereocenters. The van der Waals surface area contributed by atoms with Gasteiger partial charge in [0.05, 0.1) is 11.2 Å². The fraction of sp³-hybridized carbons (Fsp3) is 0. The third kappa shape index (κ3) is 3.17. The van der Waals surface area contributed by atoms with Crippen LogP contribution in [0, 0.1) is 0 Å². The second-order valence-electron chi connectivity index (χ2n) is 4.30. The van der Waals surface area contributed by atoms with Crippen molar-refractivity contribution in [2.45, 2.75) is 0 Å². The molecule has 0 unspecified atom stereocenters. The Bertz CT molecular complexity index is 689. The van der Waals surface area contributed by atoms with Crippen LogP contribution in [0.2, 0.25) is 0 Å². The summed E-state index contributed by atoms with van der Waals surface area (Å²) in [6.45, 7) is -4.95. The molecule has 1 aromatic heterocycles. The van der Waals surface area contributed by atoms with Crippen molar-refractivity contribution in [3.05, 3.63) is 54.7 Å². The number of hydrogen-bond donors (Lipinski definition) is 0. The van der Waals surface area contributed by atoms with Crippen molar-refractivity contribution < 1.29 is 64.3 Å². The van der Waals surface area contributed by atoms with Crippen LogP contribution in [0.3, 0.4) is 0 Å². The molecule has 7 heteroatoms. The predicted molar refractivity (Wildman–Crippen MR) is 69.8 cm³/mol. The van der Waals surface area contributed by atoms with E-state index in [0.717, 1.165) is 23.0 Å². The first-order chi connectivity index (χ1) is 9.04. The van der Waals surface area contributed by atoms with Crippen LogP contribution in [0.4, 0.5) is 12.9 Å². The van der Waals surface area contributed by atoms with Gasteiger partial charge >= 0.3 is 58.4 Å². The normalized spacial score (nSPS) is 11.3. The van der Waals surface area contributed by atoms with Crippen molar-refractivity contribution in [3.8, 4) is 5.69 Å². The molecule has 0 aliphatic heterocycles. The predicted octanol–water partition coefficient (Wildman–Crippen LogP) is 0.0839. The van der Waals surface area contributed by atoms with Gasteiger partial charge in [-0.25, -0.2) is 4.68 Å². The molecule has 1 heterocycles. The number of hydrogen-bond acceptors (Lipinski definition) is 1. The quantitative estimate of drug-likeness (QED) is 0.613. The first kappa shape index (κ1) is 15.8. The van der Waals surface area contributed by atoms with Gasteiger partial charge in [0.15, 0.2) is 0 Å². The molecule has 2 nitrogen and oxygen atoms in total. The van der Waals surface area contributed by atoms with Gasteiger partial charge in [0.2, 0.25) is 0 Å². The largest absolute Gasteiger partial charge is 1.00 e. The zero-order valence-electron chi connectivity index (χ0n) is 10.8. The van der Waals surface area contributed by atoms with Crippen molar-refractivity contribution >= 4 is 23.3 Å². The first-order valence-corrected chi connectivity index (χ1v) is 5.79. The van der Waals surface area contributed by atoms with E-state index in [2.05, 4.69) is 5.10 Å². The molecule has 20 heavy (non-hydrogen) atoms. The molecular formula is C13H9BF3KN2. The second kappa shape index (κ2) is 6.03. The van der Waals surface area contributed by atoms with Crippen LogP contribution in [0.25, 0.3) is 16.6 Å². The van der Waals surface area contributed by atoms with E-state index in [0.29, 0.717) is 5.69 Å². The molecule has 0 bridgehead atoms. The van der Waals surface area contributed by atoms with Gasteiger partial charge in [-0.3, -0.25) is 0 Å². The minimum Gasteiger partial charge on any atom is -0.445 e. The SMILES string of the molecule is F[B-](F)(F)c1ccc(-n2cc3ccccc3n2)cc1.[K+]. The summed E-state index contributed by atoms with van der Waals surface area (Å²) < 4.78 is 39.2. The summed E-state index contributed by atoms with van der Waals surface area (Å²) in [5, 5.41) is 5.27. The van der Waals surface area contributed by atoms with Crippen molar-refractivity contribution in [1.29, 1.82) is 0 Å². The van der Waals surface area contributed by atoms with Crippen LogP contribution in [-0.4, -0.2) is 16.8 Å². The maximum absolute atomic E-state index is 12.5. The topological polar surface area (TPSA) is 17.8 Å². The third-order valence-electron chi connectivity index (χ3n) is 2.95. The van der Waals surface area contributed by atoms with Gasteiger partial charge in [-0.2, -0.15) is 5.10 Å². The van der Waals surface area contributed by atoms with Crippen LogP contribution in [0.5, 0.6) is 0 Å². The number of rotatable bonds is 2. The Morgan fingerprint density at radius 1 is 0.900 bits per heavy atom. The van der Waals surface area contributed by atoms with E-state index in [4.69, 9.17) is 0 Å². The third-order valence-corrected chi connectivity index (χ3v) is 2.95. The fourth-order valence-corrected chi connectivity index (χ4v) is 1.94. The monoisotopic (exact) mass is 300 g/mol. The minimum absolute atomic E-state index is 0. The number of halogens is 3. The van der Waals surface area contributed by atoms with E-state index in [1.54, 1.807) is 10.9 Å². The molecule has 96 valence electrons. The summed E-state index contributed by atoms with van der Waals surface area (Å²) in [7, 11) is 0. The van der Waals surface area contributed by atoms with Crippen molar-refractivity contribution in [3.63, 3.8) is 0 Å². The molecule has 0 spiro atoms. The van der Waals surface area contributed by atoms with E-state index >= 15 is 0 Å². The van der Waals surface area contributed by atoms with Crippen LogP contribution in [0.1, 0.15) is 0 Å². The molecule has 0 fully saturated rings. The maximum atomic E-state index is 12.5. The minimum atomic E-state index is -4.95. The van der Waals surface area contributed by atoms with Crippen molar-refractivity contribution in [2.24, 2.45) is 0 Å². The Morgan fingerprint density at radius 3 is 2.15 bits per heavy atom. The number of benzene rings is 2. The van der Waals surface area contributed by atoms with Gasteiger partial charge in [0, 0.05) is 11.6 Å². The molecular weight excluding hydrogens is 291 g/mol. The Balaban J connectivity index is 0.00000147. The van der Waals surface area contributed by atoms with Gasteiger partial charge in [-0.05, 0) is 18.2 Å². The zero-order valence-corrected chi connectivity index (χ0v) is 13.9. The average Bonchev–Trinajstić information content (AvgIpc) is 2.81. The Hall–Kier alpha value is -0.599. The van der Waals surface area contributed by atoms with E-state index in [-0.39, 0.29) is 51.4 Å². The Morgan fingerprint density at radius 2 is 1.55 bits per heavy atom. The van der Waals surface area contributed by atoms with Crippen molar-refractivity contribution in [2.75, 3.05) is 0 Å². The Kier molecular flexibility index (Phi) is 4.76. The van der Waals surface area contributed by atoms with Gasteiger partial charge in [-0.1, -0.05) is 30.3 Å². The van der Waals surface area contributed by atoms with Gasteiger partial charge < -0.3 is 12.9 Å². The van der Waals surface area contributed by atoms with E-state index < -0.39 is 12.4 Å². The van der Waals surface area contributed by atoms with E-state index in [9.17, 15) is 12.9 Å². The van der Waals surface area contributed by atoms with E-state index in [1.165, 1.54) is 12.1 Å². The van der Waals surface area contributed by atoms with E-state index in [1.807, 2.05) is 24.3 Å². The number of fused-ring (bicyclic) bond motifs is 1. The molecule has 0 N–H and O–H groups in total. The molecule has 2 aromatic carbocycles. The summed E-state index contributed by atoms with van der Waals surface area (Å²) in [6.07, 6.45) is 1.79. The van der Waals surface area contributed by atoms with Gasteiger partial charge in [-0.15, -0.1) is 5.46 Å². The second-order valence-corrected chi connectivity index (χ2v) is 4.30. The summed E-state index contributed by atoms with van der Waals surface area (Å²) in [5.41, 5.74) is 0.826. The van der Waals surface area contributed by atoms with Crippen LogP contribution >= 0.6 is 0 Å². The summed E-state index contributed by atoms with van der Waals surface area (Å²) in [4.78, 5) is 0. The van der Waals surface area contributed by atoms with Gasteiger partial charge in [0.1, 0.15) is 0 Å². The molecule has 0 aliphatic rings.